The van der Waals surface area contributed by atoms with Gasteiger partial charge in [0.05, 0.1) is 0 Å². The lowest BCUT2D eigenvalue weighted by Crippen LogP contribution is -1.75. The van der Waals surface area contributed by atoms with E-state index in [0.29, 0.717) is 5.69 Å². The van der Waals surface area contributed by atoms with E-state index in [1.54, 1.807) is 13.0 Å². The van der Waals surface area contributed by atoms with Gasteiger partial charge in [-0.15, -0.1) is 0 Å². The van der Waals surface area contributed by atoms with Crippen LogP contribution in [0.1, 0.15) is 6.92 Å². The average Bonchev–Trinajstić information content (AvgIpc) is 2.09. The van der Waals surface area contributed by atoms with Gasteiger partial charge < -0.3 is 0 Å². The Labute approximate surface area is 70.2 Å². The Morgan fingerprint density at radius 3 is 2.92 bits per heavy atom. The van der Waals surface area contributed by atoms with E-state index >= 15 is 0 Å². The van der Waals surface area contributed by atoms with Crippen LogP contribution < -0.4 is 0 Å². The minimum absolute atomic E-state index is 0.183. The Balaban J connectivity index is 3.32. The Morgan fingerprint density at radius 1 is 1.58 bits per heavy atom. The summed E-state index contributed by atoms with van der Waals surface area (Å²) >= 11 is 0. The zero-order valence-corrected chi connectivity index (χ0v) is 6.66. The number of aliphatic imine (C=N–C) groups is 1. The first-order valence-corrected chi connectivity index (χ1v) is 3.47. The molecule has 0 aliphatic carbocycles. The molecular formula is C9H8FN2+. The van der Waals surface area contributed by atoms with Gasteiger partial charge in [-0.1, -0.05) is 6.07 Å². The van der Waals surface area contributed by atoms with E-state index in [9.17, 15) is 4.39 Å². The van der Waals surface area contributed by atoms with E-state index in [0.717, 1.165) is 0 Å². The minimum atomic E-state index is -0.417. The molecular weight excluding hydrogens is 155 g/mol. The van der Waals surface area contributed by atoms with Gasteiger partial charge in [0, 0.05) is 12.3 Å². The van der Waals surface area contributed by atoms with E-state index in [4.69, 9.17) is 6.57 Å². The summed E-state index contributed by atoms with van der Waals surface area (Å²) in [6, 6.07) is 4.46. The number of rotatable bonds is 1. The number of hydrogen-bond acceptors (Lipinski definition) is 1. The molecule has 0 amide bonds. The SMILES string of the molecule is C#[N+]c1cccc(F)c1N=CC. The molecule has 12 heavy (non-hydrogen) atoms. The molecule has 2 nitrogen and oxygen atoms in total. The molecule has 0 aliphatic rings. The molecule has 0 saturated carbocycles. The molecule has 3 heteroatoms. The maximum Gasteiger partial charge on any atom is 0.368 e. The number of benzene rings is 1. The molecule has 1 rings (SSSR count). The molecule has 60 valence electrons. The lowest BCUT2D eigenvalue weighted by atomic mass is 10.2. The highest BCUT2D eigenvalue weighted by atomic mass is 19.1. The first-order chi connectivity index (χ1) is 5.79. The van der Waals surface area contributed by atoms with Crippen LogP contribution in [0.3, 0.4) is 0 Å². The van der Waals surface area contributed by atoms with Crippen molar-refractivity contribution in [1.29, 1.82) is 0 Å². The van der Waals surface area contributed by atoms with Crippen LogP contribution in [0.4, 0.5) is 15.8 Å². The summed E-state index contributed by atoms with van der Waals surface area (Å²) in [5, 5.41) is 0. The van der Waals surface area contributed by atoms with Gasteiger partial charge in [0.1, 0.15) is 0 Å². The molecule has 1 aromatic rings. The summed E-state index contributed by atoms with van der Waals surface area (Å²) in [6.45, 7) is 6.74. The Bertz CT molecular complexity index is 350. The van der Waals surface area contributed by atoms with Crippen molar-refractivity contribution in [3.63, 3.8) is 0 Å². The molecule has 0 aliphatic heterocycles. The van der Waals surface area contributed by atoms with Gasteiger partial charge in [-0.05, 0) is 17.8 Å². The fraction of sp³-hybridized carbons (Fsp3) is 0.111. The van der Waals surface area contributed by atoms with Crippen LogP contribution in [0.5, 0.6) is 0 Å². The minimum Gasteiger partial charge on any atom is -0.251 e. The average molecular weight is 163 g/mol. The number of nitrogens with zero attached hydrogens (tertiary/aromatic N) is 2. The summed E-state index contributed by atoms with van der Waals surface area (Å²) in [7, 11) is 0. The highest BCUT2D eigenvalue weighted by Gasteiger charge is 2.12. The first kappa shape index (κ1) is 8.41. The fourth-order valence-corrected chi connectivity index (χ4v) is 0.865. The molecule has 0 aromatic heterocycles. The maximum absolute atomic E-state index is 13.0. The predicted molar refractivity (Wildman–Crippen MR) is 48.2 cm³/mol. The highest BCUT2D eigenvalue weighted by molar-refractivity contribution is 5.72. The van der Waals surface area contributed by atoms with Crippen LogP contribution in [-0.4, -0.2) is 6.21 Å². The van der Waals surface area contributed by atoms with Gasteiger partial charge in [0.15, 0.2) is 11.5 Å². The molecule has 0 radical (unpaired) electrons. The van der Waals surface area contributed by atoms with Crippen molar-refractivity contribution in [2.24, 2.45) is 4.99 Å². The van der Waals surface area contributed by atoms with Gasteiger partial charge >= 0.3 is 5.69 Å². The van der Waals surface area contributed by atoms with Gasteiger partial charge in [-0.25, -0.2) is 4.39 Å². The third-order valence-electron chi connectivity index (χ3n) is 1.36. The third-order valence-corrected chi connectivity index (χ3v) is 1.36. The molecule has 0 unspecified atom stereocenters. The third kappa shape index (κ3) is 1.48. The number of para-hydroxylation sites is 1. The van der Waals surface area contributed by atoms with Crippen molar-refractivity contribution in [2.45, 2.75) is 6.92 Å². The van der Waals surface area contributed by atoms with E-state index in [2.05, 4.69) is 9.84 Å². The second kappa shape index (κ2) is 3.63. The van der Waals surface area contributed by atoms with Crippen LogP contribution in [0.2, 0.25) is 0 Å². The standard InChI is InChI=1S/C9H8FN2/c1-3-12-9-7(10)5-4-6-8(9)11-2/h2-6H,1H3/q+1. The Hall–Kier alpha value is -1.69. The van der Waals surface area contributed by atoms with Crippen LogP contribution in [0, 0.1) is 12.4 Å². The van der Waals surface area contributed by atoms with Crippen molar-refractivity contribution < 1.29 is 4.39 Å². The molecule has 0 bridgehead atoms. The van der Waals surface area contributed by atoms with Crippen LogP contribution >= 0.6 is 0 Å². The Kier molecular flexibility index (Phi) is 2.54. The van der Waals surface area contributed by atoms with Crippen molar-refractivity contribution >= 4 is 17.6 Å². The normalized spacial score (nSPS) is 10.1. The molecule has 0 saturated heterocycles. The molecule has 0 N–H and O–H groups in total. The maximum atomic E-state index is 13.0. The summed E-state index contributed by atoms with van der Waals surface area (Å²) in [5.41, 5.74) is 0.538. The summed E-state index contributed by atoms with van der Waals surface area (Å²) in [6.07, 6.45) is 1.49. The quantitative estimate of drug-likeness (QED) is 0.565. The van der Waals surface area contributed by atoms with Gasteiger partial charge in [0.25, 0.3) is 6.57 Å². The van der Waals surface area contributed by atoms with E-state index < -0.39 is 5.82 Å². The van der Waals surface area contributed by atoms with Crippen molar-refractivity contribution in [1.82, 2.24) is 0 Å². The highest BCUT2D eigenvalue weighted by Crippen LogP contribution is 2.29. The van der Waals surface area contributed by atoms with Gasteiger partial charge in [-0.2, -0.15) is 0 Å². The zero-order valence-electron chi connectivity index (χ0n) is 6.66. The van der Waals surface area contributed by atoms with Crippen LogP contribution in [-0.2, 0) is 0 Å². The van der Waals surface area contributed by atoms with Crippen LogP contribution in [0.15, 0.2) is 23.2 Å². The van der Waals surface area contributed by atoms with E-state index in [-0.39, 0.29) is 5.69 Å². The van der Waals surface area contributed by atoms with E-state index in [1.807, 2.05) is 0 Å². The number of halogens is 1. The first-order valence-electron chi connectivity index (χ1n) is 3.47. The van der Waals surface area contributed by atoms with Crippen molar-refractivity contribution in [2.75, 3.05) is 0 Å². The second-order valence-corrected chi connectivity index (χ2v) is 2.12. The smallest absolute Gasteiger partial charge is 0.251 e. The van der Waals surface area contributed by atoms with Crippen LogP contribution in [0.25, 0.3) is 4.85 Å². The number of hydrogen-bond donors (Lipinski definition) is 0. The molecule has 0 spiro atoms. The van der Waals surface area contributed by atoms with Crippen molar-refractivity contribution in [3.8, 4) is 6.57 Å². The Morgan fingerprint density at radius 2 is 2.33 bits per heavy atom. The zero-order chi connectivity index (χ0) is 8.97. The van der Waals surface area contributed by atoms with Gasteiger partial charge in [0.2, 0.25) is 0 Å². The molecule has 0 heterocycles. The monoisotopic (exact) mass is 163 g/mol. The topological polar surface area (TPSA) is 16.7 Å². The summed E-state index contributed by atoms with van der Waals surface area (Å²) in [4.78, 5) is 7.20. The van der Waals surface area contributed by atoms with Gasteiger partial charge in [-0.3, -0.25) is 4.99 Å². The summed E-state index contributed by atoms with van der Waals surface area (Å²) < 4.78 is 13.0. The lowest BCUT2D eigenvalue weighted by Gasteiger charge is -1.90. The molecule has 1 aromatic carbocycles. The lowest BCUT2D eigenvalue weighted by molar-refractivity contribution is 0.631. The fourth-order valence-electron chi connectivity index (χ4n) is 0.865. The van der Waals surface area contributed by atoms with Crippen molar-refractivity contribution in [3.05, 3.63) is 28.9 Å². The molecule has 0 atom stereocenters. The largest absolute Gasteiger partial charge is 0.368 e. The predicted octanol–water partition coefficient (Wildman–Crippen LogP) is 3.14. The van der Waals surface area contributed by atoms with E-state index in [1.165, 1.54) is 18.3 Å². The summed E-state index contributed by atoms with van der Waals surface area (Å²) in [5.74, 6) is -0.417. The molecule has 0 fully saturated rings. The second-order valence-electron chi connectivity index (χ2n) is 2.12.